The van der Waals surface area contributed by atoms with Gasteiger partial charge in [0.1, 0.15) is 0 Å². The lowest BCUT2D eigenvalue weighted by Gasteiger charge is -2.19. The van der Waals surface area contributed by atoms with E-state index in [1.165, 1.54) is 0 Å². The number of ether oxygens (including phenoxy) is 2. The highest BCUT2D eigenvalue weighted by atomic mass is 32.2. The highest BCUT2D eigenvalue weighted by Crippen LogP contribution is 2.15. The molecule has 0 amide bonds. The molecule has 23 heavy (non-hydrogen) atoms. The lowest BCUT2D eigenvalue weighted by molar-refractivity contribution is 0.0702. The van der Waals surface area contributed by atoms with Gasteiger partial charge in [-0.25, -0.2) is 8.42 Å². The SMILES string of the molecule is CCNC(=NCCCOCCOC)NCCS(=O)(=O)C(C)(C)C. The minimum atomic E-state index is -3.12. The largest absolute Gasteiger partial charge is 0.382 e. The van der Waals surface area contributed by atoms with E-state index in [1.807, 2.05) is 6.92 Å². The van der Waals surface area contributed by atoms with Gasteiger partial charge in [-0.05, 0) is 34.1 Å². The fourth-order valence-corrected chi connectivity index (χ4v) is 2.54. The van der Waals surface area contributed by atoms with Crippen LogP contribution < -0.4 is 10.6 Å². The molecular weight excluding hydrogens is 318 g/mol. The van der Waals surface area contributed by atoms with Gasteiger partial charge in [0.15, 0.2) is 15.8 Å². The summed E-state index contributed by atoms with van der Waals surface area (Å²) >= 11 is 0. The molecule has 2 N–H and O–H groups in total. The summed E-state index contributed by atoms with van der Waals surface area (Å²) in [5, 5.41) is 6.16. The molecule has 0 radical (unpaired) electrons. The van der Waals surface area contributed by atoms with Gasteiger partial charge in [0.25, 0.3) is 0 Å². The van der Waals surface area contributed by atoms with Crippen molar-refractivity contribution < 1.29 is 17.9 Å². The summed E-state index contributed by atoms with van der Waals surface area (Å²) in [6, 6.07) is 0. The Bertz CT molecular complexity index is 430. The van der Waals surface area contributed by atoms with E-state index >= 15 is 0 Å². The molecule has 0 aliphatic carbocycles. The summed E-state index contributed by atoms with van der Waals surface area (Å²) in [5.74, 6) is 0.717. The highest BCUT2D eigenvalue weighted by Gasteiger charge is 2.28. The Balaban J connectivity index is 4.13. The summed E-state index contributed by atoms with van der Waals surface area (Å²) in [4.78, 5) is 4.40. The number of hydrogen-bond donors (Lipinski definition) is 2. The van der Waals surface area contributed by atoms with Crippen LogP contribution in [0.4, 0.5) is 0 Å². The number of hydrogen-bond acceptors (Lipinski definition) is 5. The van der Waals surface area contributed by atoms with Crippen LogP contribution in [0.5, 0.6) is 0 Å². The topological polar surface area (TPSA) is 89.0 Å². The summed E-state index contributed by atoms with van der Waals surface area (Å²) in [7, 11) is -1.48. The Morgan fingerprint density at radius 2 is 1.83 bits per heavy atom. The second-order valence-corrected chi connectivity index (χ2v) is 8.94. The predicted molar refractivity (Wildman–Crippen MR) is 94.8 cm³/mol. The van der Waals surface area contributed by atoms with Crippen LogP contribution in [-0.4, -0.2) is 71.4 Å². The molecule has 0 aromatic carbocycles. The average Bonchev–Trinajstić information content (AvgIpc) is 2.45. The lowest BCUT2D eigenvalue weighted by Crippen LogP contribution is -2.41. The van der Waals surface area contributed by atoms with E-state index in [0.717, 1.165) is 13.0 Å². The zero-order valence-corrected chi connectivity index (χ0v) is 16.0. The first-order valence-electron chi connectivity index (χ1n) is 8.05. The number of nitrogens with one attached hydrogen (secondary N) is 2. The van der Waals surface area contributed by atoms with E-state index in [0.29, 0.717) is 38.9 Å². The average molecular weight is 352 g/mol. The van der Waals surface area contributed by atoms with E-state index in [-0.39, 0.29) is 5.75 Å². The fourth-order valence-electron chi connectivity index (χ4n) is 1.55. The third-order valence-electron chi connectivity index (χ3n) is 3.09. The van der Waals surface area contributed by atoms with Crippen LogP contribution in [0.3, 0.4) is 0 Å². The van der Waals surface area contributed by atoms with Gasteiger partial charge in [-0.2, -0.15) is 0 Å². The number of methoxy groups -OCH3 is 1. The van der Waals surface area contributed by atoms with Crippen LogP contribution in [0, 0.1) is 0 Å². The Morgan fingerprint density at radius 1 is 1.13 bits per heavy atom. The van der Waals surface area contributed by atoms with Crippen molar-refractivity contribution in [3.63, 3.8) is 0 Å². The van der Waals surface area contributed by atoms with E-state index in [4.69, 9.17) is 9.47 Å². The first kappa shape index (κ1) is 22.1. The molecule has 8 heteroatoms. The first-order chi connectivity index (χ1) is 10.7. The molecule has 0 aliphatic heterocycles. The predicted octanol–water partition coefficient (Wildman–Crippen LogP) is 0.808. The van der Waals surface area contributed by atoms with Gasteiger partial charge >= 0.3 is 0 Å². The van der Waals surface area contributed by atoms with Crippen molar-refractivity contribution in [2.75, 3.05) is 52.3 Å². The molecule has 0 rings (SSSR count). The molecule has 7 nitrogen and oxygen atoms in total. The van der Waals surface area contributed by atoms with Gasteiger partial charge in [0.2, 0.25) is 0 Å². The van der Waals surface area contributed by atoms with Crippen molar-refractivity contribution in [3.8, 4) is 0 Å². The van der Waals surface area contributed by atoms with Gasteiger partial charge < -0.3 is 20.1 Å². The normalized spacial score (nSPS) is 13.2. The molecule has 0 saturated heterocycles. The first-order valence-corrected chi connectivity index (χ1v) is 9.71. The second kappa shape index (κ2) is 11.6. The number of guanidine groups is 1. The Labute approximate surface area is 141 Å². The van der Waals surface area contributed by atoms with Crippen LogP contribution in [-0.2, 0) is 19.3 Å². The number of aliphatic imine (C=N–C) groups is 1. The third kappa shape index (κ3) is 10.5. The standard InChI is InChI=1S/C15H33N3O4S/c1-6-16-14(17-8-7-10-22-12-11-21-5)18-9-13-23(19,20)15(2,3)4/h6-13H2,1-5H3,(H2,16,17,18). The molecule has 0 aliphatic rings. The molecule has 0 aromatic rings. The number of nitrogens with zero attached hydrogens (tertiary/aromatic N) is 1. The molecule has 0 spiro atoms. The molecule has 0 unspecified atom stereocenters. The van der Waals surface area contributed by atoms with Crippen molar-refractivity contribution in [2.45, 2.75) is 38.9 Å². The minimum Gasteiger partial charge on any atom is -0.382 e. The zero-order chi connectivity index (χ0) is 17.8. The van der Waals surface area contributed by atoms with Crippen molar-refractivity contribution in [1.82, 2.24) is 10.6 Å². The molecular formula is C15H33N3O4S. The monoisotopic (exact) mass is 351 g/mol. The highest BCUT2D eigenvalue weighted by molar-refractivity contribution is 7.92. The van der Waals surface area contributed by atoms with Gasteiger partial charge in [0, 0.05) is 33.4 Å². The minimum absolute atomic E-state index is 0.0844. The van der Waals surface area contributed by atoms with Crippen molar-refractivity contribution in [2.24, 2.45) is 4.99 Å². The maximum atomic E-state index is 12.0. The second-order valence-electron chi connectivity index (χ2n) is 6.08. The third-order valence-corrected chi connectivity index (χ3v) is 5.70. The van der Waals surface area contributed by atoms with Crippen LogP contribution in [0.2, 0.25) is 0 Å². The van der Waals surface area contributed by atoms with Crippen molar-refractivity contribution >= 4 is 15.8 Å². The molecule has 0 bridgehead atoms. The van der Waals surface area contributed by atoms with E-state index in [2.05, 4.69) is 15.6 Å². The summed E-state index contributed by atoms with van der Waals surface area (Å²) in [6.45, 7) is 10.6. The van der Waals surface area contributed by atoms with Gasteiger partial charge in [0.05, 0.1) is 23.7 Å². The zero-order valence-electron chi connectivity index (χ0n) is 15.1. The quantitative estimate of drug-likeness (QED) is 0.325. The van der Waals surface area contributed by atoms with Gasteiger partial charge in [-0.3, -0.25) is 4.99 Å². The van der Waals surface area contributed by atoms with Gasteiger partial charge in [-0.1, -0.05) is 0 Å². The van der Waals surface area contributed by atoms with Crippen molar-refractivity contribution in [1.29, 1.82) is 0 Å². The maximum absolute atomic E-state index is 12.0. The van der Waals surface area contributed by atoms with E-state index in [9.17, 15) is 8.42 Å². The van der Waals surface area contributed by atoms with Gasteiger partial charge in [-0.15, -0.1) is 0 Å². The molecule has 0 saturated carbocycles. The molecule has 0 fully saturated rings. The Morgan fingerprint density at radius 3 is 2.39 bits per heavy atom. The van der Waals surface area contributed by atoms with Crippen molar-refractivity contribution in [3.05, 3.63) is 0 Å². The number of rotatable bonds is 11. The van der Waals surface area contributed by atoms with Crippen LogP contribution in [0.25, 0.3) is 0 Å². The molecule has 138 valence electrons. The Kier molecular flexibility index (Phi) is 11.2. The summed E-state index contributed by atoms with van der Waals surface area (Å²) < 4.78 is 33.6. The Hall–Kier alpha value is -0.860. The van der Waals surface area contributed by atoms with Crippen LogP contribution >= 0.6 is 0 Å². The molecule has 0 heterocycles. The summed E-state index contributed by atoms with van der Waals surface area (Å²) in [5.41, 5.74) is 0. The molecule has 0 aromatic heterocycles. The van der Waals surface area contributed by atoms with E-state index in [1.54, 1.807) is 27.9 Å². The fraction of sp³-hybridized carbons (Fsp3) is 0.933. The van der Waals surface area contributed by atoms with E-state index < -0.39 is 14.6 Å². The summed E-state index contributed by atoms with van der Waals surface area (Å²) in [6.07, 6.45) is 0.806. The maximum Gasteiger partial charge on any atom is 0.191 e. The van der Waals surface area contributed by atoms with Crippen LogP contribution in [0.15, 0.2) is 4.99 Å². The van der Waals surface area contributed by atoms with Crippen LogP contribution in [0.1, 0.15) is 34.1 Å². The number of sulfone groups is 1. The smallest absolute Gasteiger partial charge is 0.191 e. The molecule has 0 atom stereocenters. The lowest BCUT2D eigenvalue weighted by atomic mass is 10.3.